The van der Waals surface area contributed by atoms with Crippen molar-refractivity contribution in [3.05, 3.63) is 48.5 Å². The van der Waals surface area contributed by atoms with Crippen LogP contribution in [0.15, 0.2) is 53.4 Å². The van der Waals surface area contributed by atoms with E-state index in [9.17, 15) is 18.0 Å². The molecule has 2 amide bonds. The van der Waals surface area contributed by atoms with E-state index in [1.165, 1.54) is 12.1 Å². The molecule has 8 nitrogen and oxygen atoms in total. The Balaban J connectivity index is 1.35. The topological polar surface area (TPSA) is 105 Å². The molecule has 0 aromatic heterocycles. The number of anilines is 2. The van der Waals surface area contributed by atoms with Gasteiger partial charge in [0.1, 0.15) is 5.75 Å². The van der Waals surface area contributed by atoms with E-state index in [1.54, 1.807) is 29.2 Å². The van der Waals surface area contributed by atoms with Crippen molar-refractivity contribution in [1.29, 1.82) is 0 Å². The molecule has 0 spiro atoms. The van der Waals surface area contributed by atoms with E-state index in [1.807, 2.05) is 19.1 Å². The van der Waals surface area contributed by atoms with Crippen LogP contribution >= 0.6 is 0 Å². The summed E-state index contributed by atoms with van der Waals surface area (Å²) in [7, 11) is -3.60. The Bertz CT molecular complexity index is 1110. The quantitative estimate of drug-likeness (QED) is 0.593. The molecule has 4 rings (SSSR count). The molecule has 1 saturated carbocycles. The van der Waals surface area contributed by atoms with Gasteiger partial charge in [-0.1, -0.05) is 19.3 Å². The predicted molar refractivity (Wildman–Crippen MR) is 130 cm³/mol. The third-order valence-corrected chi connectivity index (χ3v) is 7.85. The summed E-state index contributed by atoms with van der Waals surface area (Å²) in [6.45, 7) is 2.76. The van der Waals surface area contributed by atoms with E-state index in [0.29, 0.717) is 12.3 Å². The first-order chi connectivity index (χ1) is 16.4. The van der Waals surface area contributed by atoms with E-state index < -0.39 is 15.9 Å². The number of carbonyl (C=O) groups excluding carboxylic acids is 2. The van der Waals surface area contributed by atoms with Gasteiger partial charge >= 0.3 is 0 Å². The summed E-state index contributed by atoms with van der Waals surface area (Å²) >= 11 is 0. The number of carbonyl (C=O) groups is 2. The van der Waals surface area contributed by atoms with Gasteiger partial charge in [-0.15, -0.1) is 0 Å². The minimum atomic E-state index is -3.60. The molecule has 34 heavy (non-hydrogen) atoms. The molecule has 2 aromatic carbocycles. The molecule has 1 unspecified atom stereocenters. The molecular formula is C25H31N3O5S. The third kappa shape index (κ3) is 5.77. The summed E-state index contributed by atoms with van der Waals surface area (Å²) in [4.78, 5) is 27.1. The fourth-order valence-electron chi connectivity index (χ4n) is 4.49. The lowest BCUT2D eigenvalue weighted by Crippen LogP contribution is -2.36. The van der Waals surface area contributed by atoms with Crippen LogP contribution in [0.5, 0.6) is 5.75 Å². The third-order valence-electron chi connectivity index (χ3n) is 6.31. The van der Waals surface area contributed by atoms with Crippen LogP contribution < -0.4 is 19.7 Å². The number of rotatable bonds is 8. The zero-order chi connectivity index (χ0) is 24.1. The first kappa shape index (κ1) is 24.2. The molecule has 182 valence electrons. The molecule has 2 aromatic rings. The summed E-state index contributed by atoms with van der Waals surface area (Å²) in [5.74, 6) is -0.140. The van der Waals surface area contributed by atoms with Gasteiger partial charge in [0, 0.05) is 30.4 Å². The molecular weight excluding hydrogens is 454 g/mol. The van der Waals surface area contributed by atoms with E-state index in [2.05, 4.69) is 10.0 Å². The SMILES string of the molecule is CCOc1ccc(N2CC(C(=O)Nc3ccc(S(=O)(=O)NC4CCCCC4)cc3)CC2=O)cc1. The van der Waals surface area contributed by atoms with Gasteiger partial charge in [-0.05, 0) is 68.3 Å². The lowest BCUT2D eigenvalue weighted by molar-refractivity contribution is -0.122. The smallest absolute Gasteiger partial charge is 0.240 e. The van der Waals surface area contributed by atoms with Crippen LogP contribution in [-0.2, 0) is 19.6 Å². The van der Waals surface area contributed by atoms with Crippen molar-refractivity contribution < 1.29 is 22.7 Å². The molecule has 1 atom stereocenters. The zero-order valence-corrected chi connectivity index (χ0v) is 20.1. The van der Waals surface area contributed by atoms with Gasteiger partial charge < -0.3 is 15.0 Å². The highest BCUT2D eigenvalue weighted by Crippen LogP contribution is 2.28. The van der Waals surface area contributed by atoms with Crippen molar-refractivity contribution in [1.82, 2.24) is 4.72 Å². The molecule has 1 aliphatic carbocycles. The van der Waals surface area contributed by atoms with Crippen LogP contribution in [0.1, 0.15) is 45.4 Å². The second-order valence-corrected chi connectivity index (χ2v) is 10.5. The number of nitrogens with zero attached hydrogens (tertiary/aromatic N) is 1. The maximum absolute atomic E-state index is 12.8. The fourth-order valence-corrected chi connectivity index (χ4v) is 5.80. The van der Waals surface area contributed by atoms with Crippen molar-refractivity contribution in [3.8, 4) is 5.75 Å². The van der Waals surface area contributed by atoms with Gasteiger partial charge in [0.25, 0.3) is 0 Å². The van der Waals surface area contributed by atoms with Crippen molar-refractivity contribution in [2.45, 2.75) is 56.4 Å². The zero-order valence-electron chi connectivity index (χ0n) is 19.3. The van der Waals surface area contributed by atoms with Crippen LogP contribution in [0, 0.1) is 5.92 Å². The van der Waals surface area contributed by atoms with Crippen molar-refractivity contribution >= 4 is 33.2 Å². The number of nitrogens with one attached hydrogen (secondary N) is 2. The van der Waals surface area contributed by atoms with Gasteiger partial charge in [-0.2, -0.15) is 0 Å². The van der Waals surface area contributed by atoms with E-state index in [4.69, 9.17) is 4.74 Å². The Morgan fingerprint density at radius 3 is 2.35 bits per heavy atom. The summed E-state index contributed by atoms with van der Waals surface area (Å²) in [6.07, 6.45) is 5.08. The average Bonchev–Trinajstić information content (AvgIpc) is 3.22. The second-order valence-electron chi connectivity index (χ2n) is 8.80. The van der Waals surface area contributed by atoms with Gasteiger partial charge in [0.05, 0.1) is 17.4 Å². The average molecular weight is 486 g/mol. The number of hydrogen-bond donors (Lipinski definition) is 2. The molecule has 1 heterocycles. The maximum atomic E-state index is 12.8. The van der Waals surface area contributed by atoms with E-state index >= 15 is 0 Å². The summed E-state index contributed by atoms with van der Waals surface area (Å²) < 4.78 is 33.5. The summed E-state index contributed by atoms with van der Waals surface area (Å²) in [5.41, 5.74) is 1.22. The monoisotopic (exact) mass is 485 g/mol. The fraction of sp³-hybridized carbons (Fsp3) is 0.440. The van der Waals surface area contributed by atoms with Crippen LogP contribution in [-0.4, -0.2) is 39.4 Å². The number of hydrogen-bond acceptors (Lipinski definition) is 5. The lowest BCUT2D eigenvalue weighted by Gasteiger charge is -2.22. The highest BCUT2D eigenvalue weighted by atomic mass is 32.2. The Labute approximate surface area is 200 Å². The van der Waals surface area contributed by atoms with Crippen molar-refractivity contribution in [2.75, 3.05) is 23.4 Å². The molecule has 0 bridgehead atoms. The highest BCUT2D eigenvalue weighted by molar-refractivity contribution is 7.89. The number of sulfonamides is 1. The number of ether oxygens (including phenoxy) is 1. The Hall–Kier alpha value is -2.91. The van der Waals surface area contributed by atoms with Crippen LogP contribution in [0.4, 0.5) is 11.4 Å². The van der Waals surface area contributed by atoms with Crippen LogP contribution in [0.25, 0.3) is 0 Å². The first-order valence-corrected chi connectivity index (χ1v) is 13.3. The maximum Gasteiger partial charge on any atom is 0.240 e. The van der Waals surface area contributed by atoms with Gasteiger partial charge in [0.15, 0.2) is 0 Å². The molecule has 9 heteroatoms. The van der Waals surface area contributed by atoms with E-state index in [0.717, 1.165) is 43.5 Å². The molecule has 0 radical (unpaired) electrons. The standard InChI is InChI=1S/C25H31N3O5S/c1-2-33-22-12-10-21(11-13-22)28-17-18(16-24(28)29)25(30)26-19-8-14-23(15-9-19)34(31,32)27-20-6-4-3-5-7-20/h8-15,18,20,27H,2-7,16-17H2,1H3,(H,26,30). The largest absolute Gasteiger partial charge is 0.494 e. The Morgan fingerprint density at radius 2 is 1.71 bits per heavy atom. The van der Waals surface area contributed by atoms with Gasteiger partial charge in [-0.25, -0.2) is 13.1 Å². The minimum Gasteiger partial charge on any atom is -0.494 e. The second kappa shape index (κ2) is 10.6. The molecule has 2 N–H and O–H groups in total. The minimum absolute atomic E-state index is 0.0173. The lowest BCUT2D eigenvalue weighted by atomic mass is 9.96. The van der Waals surface area contributed by atoms with Crippen LogP contribution in [0.3, 0.4) is 0 Å². The van der Waals surface area contributed by atoms with Crippen molar-refractivity contribution in [3.63, 3.8) is 0 Å². The highest BCUT2D eigenvalue weighted by Gasteiger charge is 2.35. The predicted octanol–water partition coefficient (Wildman–Crippen LogP) is 3.69. The molecule has 1 saturated heterocycles. The number of amides is 2. The Kier molecular flexibility index (Phi) is 7.53. The molecule has 2 aliphatic rings. The number of benzene rings is 2. The van der Waals surface area contributed by atoms with Gasteiger partial charge in [0.2, 0.25) is 21.8 Å². The van der Waals surface area contributed by atoms with E-state index in [-0.39, 0.29) is 35.7 Å². The Morgan fingerprint density at radius 1 is 1.03 bits per heavy atom. The normalized spacial score (nSPS) is 19.3. The van der Waals surface area contributed by atoms with Crippen molar-refractivity contribution in [2.24, 2.45) is 5.92 Å². The van der Waals surface area contributed by atoms with Gasteiger partial charge in [-0.3, -0.25) is 9.59 Å². The molecule has 1 aliphatic heterocycles. The first-order valence-electron chi connectivity index (χ1n) is 11.8. The summed E-state index contributed by atoms with van der Waals surface area (Å²) in [6, 6.07) is 13.3. The van der Waals surface area contributed by atoms with Crippen LogP contribution in [0.2, 0.25) is 0 Å². The summed E-state index contributed by atoms with van der Waals surface area (Å²) in [5, 5.41) is 2.81. The molecule has 2 fully saturated rings.